The van der Waals surface area contributed by atoms with E-state index in [4.69, 9.17) is 0 Å². The fourth-order valence-electron chi connectivity index (χ4n) is 4.06. The lowest BCUT2D eigenvalue weighted by Gasteiger charge is -2.45. The fraction of sp³-hybridized carbons (Fsp3) is 0.421. The highest BCUT2D eigenvalue weighted by Gasteiger charge is 2.50. The molecule has 1 saturated carbocycles. The second-order valence-electron chi connectivity index (χ2n) is 6.02. The van der Waals surface area contributed by atoms with Gasteiger partial charge in [0.15, 0.2) is 17.3 Å². The minimum absolute atomic E-state index is 0.0712. The van der Waals surface area contributed by atoms with E-state index in [2.05, 4.69) is 19.7 Å². The Morgan fingerprint density at radius 2 is 1.68 bits per heavy atom. The number of hydrogen-bond donors (Lipinski definition) is 0. The van der Waals surface area contributed by atoms with Crippen molar-refractivity contribution in [1.29, 1.82) is 0 Å². The predicted octanol–water partition coefficient (Wildman–Crippen LogP) is 3.52. The van der Waals surface area contributed by atoms with Gasteiger partial charge in [-0.15, -0.1) is 0 Å². The maximum Gasteiger partial charge on any atom is 0.181 e. The Morgan fingerprint density at radius 3 is 2.27 bits per heavy atom. The summed E-state index contributed by atoms with van der Waals surface area (Å²) < 4.78 is 0. The van der Waals surface area contributed by atoms with Gasteiger partial charge in [-0.25, -0.2) is 0 Å². The molecule has 3 heteroatoms. The monoisotopic (exact) mass is 298 g/mol. The number of fused-ring (bicyclic) bond motifs is 1. The van der Waals surface area contributed by atoms with Crippen LogP contribution in [-0.4, -0.2) is 17.3 Å². The topological polar surface area (TPSA) is 51.2 Å². The standard InChI is InChI=1S/C19H22O3/c1-4-15(20)13-9-7-11-19(17(22)6-3)12-8-10-14(18(13)19)16(21)5-2/h4-6,13H,1-3,7-12H2. The van der Waals surface area contributed by atoms with Gasteiger partial charge in [0.1, 0.15) is 0 Å². The van der Waals surface area contributed by atoms with Crippen LogP contribution in [0.2, 0.25) is 0 Å². The van der Waals surface area contributed by atoms with Crippen molar-refractivity contribution < 1.29 is 14.4 Å². The van der Waals surface area contributed by atoms with Gasteiger partial charge in [-0.05, 0) is 55.9 Å². The molecule has 0 spiro atoms. The van der Waals surface area contributed by atoms with E-state index in [0.29, 0.717) is 31.3 Å². The lowest BCUT2D eigenvalue weighted by molar-refractivity contribution is -0.125. The highest BCUT2D eigenvalue weighted by Crippen LogP contribution is 2.53. The third-order valence-electron chi connectivity index (χ3n) is 5.00. The van der Waals surface area contributed by atoms with Gasteiger partial charge in [0.2, 0.25) is 0 Å². The molecule has 2 atom stereocenters. The zero-order valence-corrected chi connectivity index (χ0v) is 12.9. The Balaban J connectivity index is 2.70. The highest BCUT2D eigenvalue weighted by molar-refractivity contribution is 6.08. The van der Waals surface area contributed by atoms with Gasteiger partial charge in [0.05, 0.1) is 5.41 Å². The molecule has 2 aliphatic rings. The second-order valence-corrected chi connectivity index (χ2v) is 6.02. The van der Waals surface area contributed by atoms with Crippen LogP contribution in [0.3, 0.4) is 0 Å². The van der Waals surface area contributed by atoms with Gasteiger partial charge < -0.3 is 0 Å². The van der Waals surface area contributed by atoms with Crippen molar-refractivity contribution in [1.82, 2.24) is 0 Å². The summed E-state index contributed by atoms with van der Waals surface area (Å²) in [7, 11) is 0. The third-order valence-corrected chi connectivity index (χ3v) is 5.00. The Labute approximate surface area is 131 Å². The van der Waals surface area contributed by atoms with Crippen LogP contribution < -0.4 is 0 Å². The van der Waals surface area contributed by atoms with E-state index in [9.17, 15) is 14.4 Å². The summed E-state index contributed by atoms with van der Waals surface area (Å²) in [6.07, 6.45) is 8.12. The highest BCUT2D eigenvalue weighted by atomic mass is 16.1. The van der Waals surface area contributed by atoms with Crippen molar-refractivity contribution in [3.63, 3.8) is 0 Å². The van der Waals surface area contributed by atoms with Gasteiger partial charge in [-0.1, -0.05) is 26.2 Å². The Bertz CT molecular complexity index is 594. The van der Waals surface area contributed by atoms with Crippen molar-refractivity contribution >= 4 is 17.3 Å². The summed E-state index contributed by atoms with van der Waals surface area (Å²) in [5.41, 5.74) is 0.608. The van der Waals surface area contributed by atoms with Gasteiger partial charge in [-0.2, -0.15) is 0 Å². The fourth-order valence-corrected chi connectivity index (χ4v) is 4.06. The maximum atomic E-state index is 12.6. The van der Waals surface area contributed by atoms with Gasteiger partial charge >= 0.3 is 0 Å². The van der Waals surface area contributed by atoms with Crippen LogP contribution in [0.4, 0.5) is 0 Å². The van der Waals surface area contributed by atoms with Crippen molar-refractivity contribution in [2.45, 2.75) is 38.5 Å². The first-order valence-electron chi connectivity index (χ1n) is 7.75. The lowest BCUT2D eigenvalue weighted by Crippen LogP contribution is -2.43. The number of carbonyl (C=O) groups is 3. The molecule has 0 N–H and O–H groups in total. The summed E-state index contributed by atoms with van der Waals surface area (Å²) in [5.74, 6) is -0.751. The zero-order chi connectivity index (χ0) is 16.3. The number of ketones is 3. The van der Waals surface area contributed by atoms with E-state index in [1.54, 1.807) is 0 Å². The van der Waals surface area contributed by atoms with Crippen LogP contribution in [0.25, 0.3) is 0 Å². The molecule has 0 aromatic rings. The molecule has 0 aromatic heterocycles. The van der Waals surface area contributed by atoms with Crippen molar-refractivity contribution in [3.8, 4) is 0 Å². The van der Waals surface area contributed by atoms with Crippen LogP contribution in [-0.2, 0) is 14.4 Å². The molecule has 3 nitrogen and oxygen atoms in total. The normalized spacial score (nSPS) is 27.5. The summed E-state index contributed by atoms with van der Waals surface area (Å²) in [6.45, 7) is 10.7. The first-order valence-corrected chi connectivity index (χ1v) is 7.75. The molecule has 1 fully saturated rings. The van der Waals surface area contributed by atoms with Crippen LogP contribution in [0.15, 0.2) is 49.1 Å². The van der Waals surface area contributed by atoms with Crippen LogP contribution in [0.5, 0.6) is 0 Å². The van der Waals surface area contributed by atoms with E-state index >= 15 is 0 Å². The molecule has 22 heavy (non-hydrogen) atoms. The maximum absolute atomic E-state index is 12.6. The van der Waals surface area contributed by atoms with Crippen LogP contribution >= 0.6 is 0 Å². The number of rotatable bonds is 6. The Hall–Kier alpha value is -2.03. The molecule has 116 valence electrons. The van der Waals surface area contributed by atoms with Crippen molar-refractivity contribution in [3.05, 3.63) is 49.1 Å². The summed E-state index contributed by atoms with van der Waals surface area (Å²) in [4.78, 5) is 37.2. The zero-order valence-electron chi connectivity index (χ0n) is 12.9. The molecule has 0 heterocycles. The molecular weight excluding hydrogens is 276 g/mol. The van der Waals surface area contributed by atoms with E-state index < -0.39 is 11.3 Å². The average molecular weight is 298 g/mol. The first-order chi connectivity index (χ1) is 10.5. The largest absolute Gasteiger partial charge is 0.294 e. The van der Waals surface area contributed by atoms with Crippen molar-refractivity contribution in [2.75, 3.05) is 0 Å². The van der Waals surface area contributed by atoms with E-state index in [1.807, 2.05) is 0 Å². The lowest BCUT2D eigenvalue weighted by atomic mass is 9.56. The molecule has 0 amide bonds. The summed E-state index contributed by atoms with van der Waals surface area (Å²) in [5, 5.41) is 0. The van der Waals surface area contributed by atoms with E-state index in [1.165, 1.54) is 18.2 Å². The quantitative estimate of drug-likeness (QED) is 0.705. The molecule has 0 bridgehead atoms. The molecule has 2 aliphatic carbocycles. The third kappa shape index (κ3) is 2.45. The van der Waals surface area contributed by atoms with Gasteiger partial charge in [0, 0.05) is 11.5 Å². The molecular formula is C19H22O3. The number of carbonyl (C=O) groups excluding carboxylic acids is 3. The van der Waals surface area contributed by atoms with Crippen LogP contribution in [0, 0.1) is 11.3 Å². The average Bonchev–Trinajstić information content (AvgIpc) is 2.58. The minimum atomic E-state index is -0.727. The number of allylic oxidation sites excluding steroid dienone is 5. The smallest absolute Gasteiger partial charge is 0.181 e. The van der Waals surface area contributed by atoms with Gasteiger partial charge in [-0.3, -0.25) is 14.4 Å². The molecule has 0 aromatic carbocycles. The molecule has 0 saturated heterocycles. The molecule has 2 unspecified atom stereocenters. The van der Waals surface area contributed by atoms with E-state index in [-0.39, 0.29) is 17.3 Å². The Kier molecular flexibility index (Phi) is 4.74. The summed E-state index contributed by atoms with van der Waals surface area (Å²) >= 11 is 0. The molecule has 2 rings (SSSR count). The summed E-state index contributed by atoms with van der Waals surface area (Å²) in [6, 6.07) is 0. The second kappa shape index (κ2) is 6.39. The van der Waals surface area contributed by atoms with Gasteiger partial charge in [0.25, 0.3) is 0 Å². The first kappa shape index (κ1) is 16.3. The predicted molar refractivity (Wildman–Crippen MR) is 86.3 cm³/mol. The minimum Gasteiger partial charge on any atom is -0.294 e. The molecule has 0 radical (unpaired) electrons. The van der Waals surface area contributed by atoms with Crippen molar-refractivity contribution in [2.24, 2.45) is 11.3 Å². The SMILES string of the molecule is C=CC(=O)C1=C2C(C(=O)C=C)CCCC2(C(=O)C=C)CCC1. The number of hydrogen-bond acceptors (Lipinski definition) is 3. The van der Waals surface area contributed by atoms with Crippen LogP contribution in [0.1, 0.15) is 38.5 Å². The Morgan fingerprint density at radius 1 is 1.00 bits per heavy atom. The molecule has 0 aliphatic heterocycles. The van der Waals surface area contributed by atoms with E-state index in [0.717, 1.165) is 18.4 Å².